The average Bonchev–Trinajstić information content (AvgIpc) is 2.65. The van der Waals surface area contributed by atoms with Crippen molar-refractivity contribution in [2.75, 3.05) is 0 Å². The molecule has 1 aromatic rings. The first-order valence-electron chi connectivity index (χ1n) is 5.24. The molecule has 2 unspecified atom stereocenters. The summed E-state index contributed by atoms with van der Waals surface area (Å²) < 4.78 is 0. The molecule has 2 atom stereocenters. The summed E-state index contributed by atoms with van der Waals surface area (Å²) in [6.07, 6.45) is 2.94. The van der Waals surface area contributed by atoms with Gasteiger partial charge in [-0.05, 0) is 37.1 Å². The number of Topliss-reactive ketones (excluding diaryl/α,β-unsaturated/α-hetero) is 1. The first-order chi connectivity index (χ1) is 7.18. The van der Waals surface area contributed by atoms with Crippen molar-refractivity contribution in [2.45, 2.75) is 25.3 Å². The van der Waals surface area contributed by atoms with Crippen LogP contribution in [-0.2, 0) is 0 Å². The second kappa shape index (κ2) is 4.33. The van der Waals surface area contributed by atoms with Gasteiger partial charge >= 0.3 is 0 Å². The number of rotatable bonds is 2. The van der Waals surface area contributed by atoms with E-state index in [1.807, 2.05) is 0 Å². The molecular weight excluding hydrogens is 210 g/mol. The van der Waals surface area contributed by atoms with E-state index in [4.69, 9.17) is 17.3 Å². The average molecular weight is 224 g/mol. The summed E-state index contributed by atoms with van der Waals surface area (Å²) in [5.41, 5.74) is 6.62. The molecule has 0 radical (unpaired) electrons. The Labute approximate surface area is 94.4 Å². The summed E-state index contributed by atoms with van der Waals surface area (Å²) in [4.78, 5) is 12.0. The molecule has 2 N–H and O–H groups in total. The Hall–Kier alpha value is -0.860. The maximum absolute atomic E-state index is 12.0. The van der Waals surface area contributed by atoms with E-state index in [2.05, 4.69) is 0 Å². The van der Waals surface area contributed by atoms with Gasteiger partial charge in [0.15, 0.2) is 5.78 Å². The smallest absolute Gasteiger partial charge is 0.167 e. The molecule has 15 heavy (non-hydrogen) atoms. The van der Waals surface area contributed by atoms with Crippen LogP contribution in [0.2, 0.25) is 5.02 Å². The number of benzene rings is 1. The summed E-state index contributed by atoms with van der Waals surface area (Å²) >= 11 is 5.77. The number of carbonyl (C=O) groups is 1. The van der Waals surface area contributed by atoms with Gasteiger partial charge in [0.2, 0.25) is 0 Å². The normalized spacial score (nSPS) is 25.5. The van der Waals surface area contributed by atoms with Crippen LogP contribution in [0.15, 0.2) is 24.3 Å². The number of nitrogens with two attached hydrogens (primary N) is 1. The highest BCUT2D eigenvalue weighted by Crippen LogP contribution is 2.27. The van der Waals surface area contributed by atoms with Gasteiger partial charge in [0.1, 0.15) is 0 Å². The van der Waals surface area contributed by atoms with Crippen LogP contribution in [0.1, 0.15) is 29.6 Å². The monoisotopic (exact) mass is 223 g/mol. The number of carbonyl (C=O) groups excluding carboxylic acids is 1. The van der Waals surface area contributed by atoms with Crippen molar-refractivity contribution in [1.29, 1.82) is 0 Å². The first-order valence-corrected chi connectivity index (χ1v) is 5.61. The van der Waals surface area contributed by atoms with E-state index in [0.29, 0.717) is 5.02 Å². The van der Waals surface area contributed by atoms with E-state index >= 15 is 0 Å². The highest BCUT2D eigenvalue weighted by Gasteiger charge is 2.30. The third-order valence-corrected chi connectivity index (χ3v) is 3.29. The minimum Gasteiger partial charge on any atom is -0.327 e. The van der Waals surface area contributed by atoms with Crippen LogP contribution in [-0.4, -0.2) is 11.8 Å². The molecule has 0 aliphatic heterocycles. The molecule has 2 rings (SSSR count). The van der Waals surface area contributed by atoms with Gasteiger partial charge in [-0.25, -0.2) is 0 Å². The molecule has 0 aromatic heterocycles. The van der Waals surface area contributed by atoms with Crippen molar-refractivity contribution >= 4 is 17.4 Å². The van der Waals surface area contributed by atoms with E-state index in [9.17, 15) is 4.79 Å². The zero-order chi connectivity index (χ0) is 10.8. The van der Waals surface area contributed by atoms with Gasteiger partial charge < -0.3 is 5.73 Å². The van der Waals surface area contributed by atoms with Crippen LogP contribution in [0.25, 0.3) is 0 Å². The van der Waals surface area contributed by atoms with Gasteiger partial charge in [0.25, 0.3) is 0 Å². The van der Waals surface area contributed by atoms with Crippen LogP contribution < -0.4 is 5.73 Å². The van der Waals surface area contributed by atoms with E-state index in [0.717, 1.165) is 24.8 Å². The van der Waals surface area contributed by atoms with Crippen LogP contribution in [0.5, 0.6) is 0 Å². The predicted molar refractivity (Wildman–Crippen MR) is 61.1 cm³/mol. The van der Waals surface area contributed by atoms with Gasteiger partial charge in [-0.2, -0.15) is 0 Å². The standard InChI is InChI=1S/C12H14ClNO/c13-9-6-4-8(5-7-9)12(15)10-2-1-3-11(10)14/h4-7,10-11H,1-3,14H2. The topological polar surface area (TPSA) is 43.1 Å². The van der Waals surface area contributed by atoms with Gasteiger partial charge in [-0.1, -0.05) is 18.0 Å². The Kier molecular flexibility index (Phi) is 3.08. The maximum Gasteiger partial charge on any atom is 0.167 e. The number of hydrogen-bond acceptors (Lipinski definition) is 2. The Morgan fingerprint density at radius 1 is 1.27 bits per heavy atom. The molecule has 1 aliphatic carbocycles. The highest BCUT2D eigenvalue weighted by molar-refractivity contribution is 6.30. The van der Waals surface area contributed by atoms with E-state index in [-0.39, 0.29) is 17.7 Å². The second-order valence-corrected chi connectivity index (χ2v) is 4.51. The first kappa shape index (κ1) is 10.7. The molecule has 1 fully saturated rings. The van der Waals surface area contributed by atoms with Crippen molar-refractivity contribution in [3.05, 3.63) is 34.9 Å². The lowest BCUT2D eigenvalue weighted by Crippen LogP contribution is -2.30. The van der Waals surface area contributed by atoms with Crippen molar-refractivity contribution < 1.29 is 4.79 Å². The fraction of sp³-hybridized carbons (Fsp3) is 0.417. The lowest BCUT2D eigenvalue weighted by atomic mass is 9.94. The largest absolute Gasteiger partial charge is 0.327 e. The van der Waals surface area contributed by atoms with E-state index in [1.54, 1.807) is 24.3 Å². The number of hydrogen-bond donors (Lipinski definition) is 1. The van der Waals surface area contributed by atoms with Gasteiger partial charge in [-0.15, -0.1) is 0 Å². The molecule has 1 saturated carbocycles. The molecule has 0 saturated heterocycles. The molecule has 3 heteroatoms. The minimum atomic E-state index is 0.00572. The molecule has 0 spiro atoms. The van der Waals surface area contributed by atoms with Crippen LogP contribution >= 0.6 is 11.6 Å². The van der Waals surface area contributed by atoms with Crippen LogP contribution in [0.3, 0.4) is 0 Å². The van der Waals surface area contributed by atoms with E-state index < -0.39 is 0 Å². The zero-order valence-electron chi connectivity index (χ0n) is 8.45. The molecule has 0 amide bonds. The fourth-order valence-corrected chi connectivity index (χ4v) is 2.27. The van der Waals surface area contributed by atoms with Crippen molar-refractivity contribution in [3.8, 4) is 0 Å². The van der Waals surface area contributed by atoms with Gasteiger partial charge in [-0.3, -0.25) is 4.79 Å². The van der Waals surface area contributed by atoms with Gasteiger partial charge in [0, 0.05) is 22.5 Å². The lowest BCUT2D eigenvalue weighted by molar-refractivity contribution is 0.0913. The van der Waals surface area contributed by atoms with Crippen molar-refractivity contribution in [3.63, 3.8) is 0 Å². The van der Waals surface area contributed by atoms with Crippen LogP contribution in [0, 0.1) is 5.92 Å². The molecule has 0 bridgehead atoms. The van der Waals surface area contributed by atoms with Crippen molar-refractivity contribution in [2.24, 2.45) is 11.7 Å². The molecule has 80 valence electrons. The second-order valence-electron chi connectivity index (χ2n) is 4.07. The molecular formula is C12H14ClNO. The Balaban J connectivity index is 2.17. The summed E-state index contributed by atoms with van der Waals surface area (Å²) in [6, 6.07) is 7.07. The predicted octanol–water partition coefficient (Wildman–Crippen LogP) is 2.65. The van der Waals surface area contributed by atoms with Crippen molar-refractivity contribution in [1.82, 2.24) is 0 Å². The third kappa shape index (κ3) is 2.21. The fourth-order valence-electron chi connectivity index (χ4n) is 2.14. The number of ketones is 1. The number of halogens is 1. The highest BCUT2D eigenvalue weighted by atomic mass is 35.5. The summed E-state index contributed by atoms with van der Waals surface area (Å²) in [7, 11) is 0. The minimum absolute atomic E-state index is 0.00572. The summed E-state index contributed by atoms with van der Waals surface area (Å²) in [6.45, 7) is 0. The summed E-state index contributed by atoms with van der Waals surface area (Å²) in [5, 5.41) is 0.655. The van der Waals surface area contributed by atoms with Crippen LogP contribution in [0.4, 0.5) is 0 Å². The quantitative estimate of drug-likeness (QED) is 0.784. The third-order valence-electron chi connectivity index (χ3n) is 3.03. The molecule has 0 heterocycles. The summed E-state index contributed by atoms with van der Waals surface area (Å²) in [5.74, 6) is 0.169. The SMILES string of the molecule is NC1CCCC1C(=O)c1ccc(Cl)cc1. The Morgan fingerprint density at radius 3 is 2.47 bits per heavy atom. The Morgan fingerprint density at radius 2 is 1.93 bits per heavy atom. The van der Waals surface area contributed by atoms with Gasteiger partial charge in [0.05, 0.1) is 0 Å². The molecule has 1 aliphatic rings. The Bertz CT molecular complexity index is 360. The zero-order valence-corrected chi connectivity index (χ0v) is 9.20. The molecule has 1 aromatic carbocycles. The maximum atomic E-state index is 12.0. The lowest BCUT2D eigenvalue weighted by Gasteiger charge is -2.13. The molecule has 2 nitrogen and oxygen atoms in total. The van der Waals surface area contributed by atoms with E-state index in [1.165, 1.54) is 0 Å².